The molecule has 0 radical (unpaired) electrons. The summed E-state index contributed by atoms with van der Waals surface area (Å²) in [5.74, 6) is 0.730. The van der Waals surface area contributed by atoms with E-state index in [0.29, 0.717) is 22.9 Å². The van der Waals surface area contributed by atoms with Crippen LogP contribution in [0.3, 0.4) is 0 Å². The fourth-order valence-electron chi connectivity index (χ4n) is 5.35. The van der Waals surface area contributed by atoms with Gasteiger partial charge in [-0.05, 0) is 80.0 Å². The summed E-state index contributed by atoms with van der Waals surface area (Å²) in [7, 11) is 1.61. The molecule has 2 atom stereocenters. The molecule has 1 heterocycles. The minimum Gasteiger partial charge on any atom is -0.497 e. The zero-order chi connectivity index (χ0) is 25.9. The van der Waals surface area contributed by atoms with Crippen molar-refractivity contribution in [2.45, 2.75) is 53.0 Å². The van der Waals surface area contributed by atoms with Crippen molar-refractivity contribution in [3.63, 3.8) is 0 Å². The number of amides is 1. The van der Waals surface area contributed by atoms with Crippen molar-refractivity contribution >= 4 is 11.9 Å². The molecule has 0 aliphatic heterocycles. The summed E-state index contributed by atoms with van der Waals surface area (Å²) in [6, 6.07) is 16.7. The fourth-order valence-corrected chi connectivity index (χ4v) is 5.35. The number of ether oxygens (including phenoxy) is 2. The lowest BCUT2D eigenvalue weighted by atomic mass is 9.70. The highest BCUT2D eigenvalue weighted by molar-refractivity contribution is 5.94. The number of rotatable bonds is 7. The van der Waals surface area contributed by atoms with Gasteiger partial charge in [0, 0.05) is 17.2 Å². The molecule has 7 nitrogen and oxygen atoms in total. The van der Waals surface area contributed by atoms with E-state index in [4.69, 9.17) is 9.47 Å². The summed E-state index contributed by atoms with van der Waals surface area (Å²) in [5.41, 5.74) is 3.32. The van der Waals surface area contributed by atoms with Crippen LogP contribution in [-0.4, -0.2) is 41.4 Å². The van der Waals surface area contributed by atoms with Crippen LogP contribution < -0.4 is 10.1 Å². The SMILES string of the molecule is CCOC(=O)c1cc(-c2cccc(OC)c2)n(-c2ccc(C(=O)N[C@@H]3C[C@H](C)CC(C)(C)C3)cc2)n1. The van der Waals surface area contributed by atoms with Crippen molar-refractivity contribution < 1.29 is 19.1 Å². The third kappa shape index (κ3) is 5.78. The number of nitrogens with one attached hydrogen (secondary N) is 1. The molecular formula is C29H35N3O4. The first-order valence-electron chi connectivity index (χ1n) is 12.5. The molecule has 7 heteroatoms. The van der Waals surface area contributed by atoms with E-state index < -0.39 is 5.97 Å². The Kier molecular flexibility index (Phi) is 7.48. The minimum atomic E-state index is -0.485. The van der Waals surface area contributed by atoms with Crippen LogP contribution in [0.15, 0.2) is 54.6 Å². The Morgan fingerprint density at radius 1 is 1.11 bits per heavy atom. The molecule has 36 heavy (non-hydrogen) atoms. The number of methoxy groups -OCH3 is 1. The van der Waals surface area contributed by atoms with Gasteiger partial charge in [-0.2, -0.15) is 5.10 Å². The number of nitrogens with zero attached hydrogens (tertiary/aromatic N) is 2. The summed E-state index contributed by atoms with van der Waals surface area (Å²) >= 11 is 0. The third-order valence-corrected chi connectivity index (χ3v) is 6.66. The second kappa shape index (κ2) is 10.6. The molecule has 3 aromatic rings. The van der Waals surface area contributed by atoms with Crippen molar-refractivity contribution in [3.05, 3.63) is 65.9 Å². The average Bonchev–Trinajstić information content (AvgIpc) is 3.29. The van der Waals surface area contributed by atoms with Gasteiger partial charge in [-0.25, -0.2) is 9.48 Å². The zero-order valence-corrected chi connectivity index (χ0v) is 21.7. The van der Waals surface area contributed by atoms with Crippen molar-refractivity contribution in [2.75, 3.05) is 13.7 Å². The van der Waals surface area contributed by atoms with E-state index in [9.17, 15) is 9.59 Å². The molecule has 0 unspecified atom stereocenters. The molecule has 0 bridgehead atoms. The van der Waals surface area contributed by atoms with Crippen molar-refractivity contribution in [1.82, 2.24) is 15.1 Å². The highest BCUT2D eigenvalue weighted by Crippen LogP contribution is 2.38. The normalized spacial score (nSPS) is 18.9. The van der Waals surface area contributed by atoms with Gasteiger partial charge in [-0.3, -0.25) is 4.79 Å². The van der Waals surface area contributed by atoms with Gasteiger partial charge in [0.05, 0.1) is 25.1 Å². The Balaban J connectivity index is 1.60. The largest absolute Gasteiger partial charge is 0.497 e. The van der Waals surface area contributed by atoms with Gasteiger partial charge in [0.15, 0.2) is 5.69 Å². The molecule has 1 fully saturated rings. The van der Waals surface area contributed by atoms with Gasteiger partial charge in [0.25, 0.3) is 5.91 Å². The first-order chi connectivity index (χ1) is 17.2. The second-order valence-corrected chi connectivity index (χ2v) is 10.4. The average molecular weight is 490 g/mol. The van der Waals surface area contributed by atoms with Crippen molar-refractivity contribution in [3.8, 4) is 22.7 Å². The van der Waals surface area contributed by atoms with E-state index in [1.165, 1.54) is 6.42 Å². The molecule has 4 rings (SSSR count). The van der Waals surface area contributed by atoms with Crippen LogP contribution in [0.5, 0.6) is 5.75 Å². The number of hydrogen-bond donors (Lipinski definition) is 1. The van der Waals surface area contributed by atoms with E-state index in [1.54, 1.807) is 36.9 Å². The van der Waals surface area contributed by atoms with Crippen LogP contribution in [0, 0.1) is 11.3 Å². The first kappa shape index (κ1) is 25.5. The molecule has 1 aromatic heterocycles. The molecule has 1 amide bonds. The van der Waals surface area contributed by atoms with Gasteiger partial charge in [0.2, 0.25) is 0 Å². The molecule has 0 saturated heterocycles. The van der Waals surface area contributed by atoms with Crippen LogP contribution in [0.1, 0.15) is 67.8 Å². The lowest BCUT2D eigenvalue weighted by molar-refractivity contribution is 0.0518. The van der Waals surface area contributed by atoms with E-state index >= 15 is 0 Å². The number of carbonyl (C=O) groups is 2. The quantitative estimate of drug-likeness (QED) is 0.433. The van der Waals surface area contributed by atoms with E-state index in [-0.39, 0.29) is 29.7 Å². The Morgan fingerprint density at radius 3 is 2.53 bits per heavy atom. The molecular weight excluding hydrogens is 454 g/mol. The Morgan fingerprint density at radius 2 is 1.86 bits per heavy atom. The van der Waals surface area contributed by atoms with Gasteiger partial charge < -0.3 is 14.8 Å². The lowest BCUT2D eigenvalue weighted by Gasteiger charge is -2.39. The zero-order valence-electron chi connectivity index (χ0n) is 21.7. The molecule has 1 aliphatic carbocycles. The maximum Gasteiger partial charge on any atom is 0.358 e. The number of aromatic nitrogens is 2. The molecule has 1 N–H and O–H groups in total. The predicted molar refractivity (Wildman–Crippen MR) is 140 cm³/mol. The Bertz CT molecular complexity index is 1230. The Hall–Kier alpha value is -3.61. The number of esters is 1. The van der Waals surface area contributed by atoms with Crippen LogP contribution in [-0.2, 0) is 4.74 Å². The molecule has 1 aliphatic rings. The summed E-state index contributed by atoms with van der Waals surface area (Å²) in [4.78, 5) is 25.4. The monoisotopic (exact) mass is 489 g/mol. The van der Waals surface area contributed by atoms with E-state index in [2.05, 4.69) is 31.2 Å². The topological polar surface area (TPSA) is 82.5 Å². The summed E-state index contributed by atoms with van der Waals surface area (Å²) in [6.07, 6.45) is 3.16. The molecule has 2 aromatic carbocycles. The number of benzene rings is 2. The molecule has 1 saturated carbocycles. The first-order valence-corrected chi connectivity index (χ1v) is 12.5. The van der Waals surface area contributed by atoms with Crippen LogP contribution >= 0.6 is 0 Å². The summed E-state index contributed by atoms with van der Waals surface area (Å²) in [6.45, 7) is 8.82. The predicted octanol–water partition coefficient (Wildman–Crippen LogP) is 5.67. The number of hydrogen-bond acceptors (Lipinski definition) is 5. The van der Waals surface area contributed by atoms with Crippen LogP contribution in [0.2, 0.25) is 0 Å². The maximum absolute atomic E-state index is 13.0. The summed E-state index contributed by atoms with van der Waals surface area (Å²) < 4.78 is 12.2. The lowest BCUT2D eigenvalue weighted by Crippen LogP contribution is -2.42. The van der Waals surface area contributed by atoms with E-state index in [1.807, 2.05) is 36.4 Å². The smallest absolute Gasteiger partial charge is 0.358 e. The van der Waals surface area contributed by atoms with Crippen LogP contribution in [0.4, 0.5) is 0 Å². The highest BCUT2D eigenvalue weighted by atomic mass is 16.5. The van der Waals surface area contributed by atoms with Gasteiger partial charge >= 0.3 is 5.97 Å². The van der Waals surface area contributed by atoms with Gasteiger partial charge in [-0.1, -0.05) is 32.9 Å². The van der Waals surface area contributed by atoms with Crippen molar-refractivity contribution in [1.29, 1.82) is 0 Å². The molecule has 0 spiro atoms. The van der Waals surface area contributed by atoms with E-state index in [0.717, 1.165) is 24.1 Å². The summed E-state index contributed by atoms with van der Waals surface area (Å²) in [5, 5.41) is 7.75. The minimum absolute atomic E-state index is 0.0721. The van der Waals surface area contributed by atoms with Gasteiger partial charge in [0.1, 0.15) is 5.75 Å². The molecule has 190 valence electrons. The van der Waals surface area contributed by atoms with Gasteiger partial charge in [-0.15, -0.1) is 0 Å². The third-order valence-electron chi connectivity index (χ3n) is 6.66. The maximum atomic E-state index is 13.0. The Labute approximate surface area is 212 Å². The second-order valence-electron chi connectivity index (χ2n) is 10.4. The van der Waals surface area contributed by atoms with Crippen LogP contribution in [0.25, 0.3) is 16.9 Å². The standard InChI is InChI=1S/C29H35N3O4/c1-6-36-28(34)25-16-26(21-8-7-9-24(15-21)35-5)32(31-25)23-12-10-20(11-13-23)27(33)30-22-14-19(2)17-29(3,4)18-22/h7-13,15-16,19,22H,6,14,17-18H2,1-5H3,(H,30,33)/t19-,22+/m0/s1. The highest BCUT2D eigenvalue weighted by Gasteiger charge is 2.32. The number of carbonyl (C=O) groups excluding carboxylic acids is 2. The fraction of sp³-hybridized carbons (Fsp3) is 0.414. The van der Waals surface area contributed by atoms with Crippen molar-refractivity contribution in [2.24, 2.45) is 11.3 Å².